The number of methoxy groups -OCH3 is 1. The van der Waals surface area contributed by atoms with E-state index in [-0.39, 0.29) is 11.8 Å². The Kier molecular flexibility index (Phi) is 10.4. The maximum Gasteiger partial charge on any atom is 0.259 e. The maximum atomic E-state index is 12.8. The highest BCUT2D eigenvalue weighted by atomic mass is 16.5. The normalized spacial score (nSPS) is 10.5. The number of unbranched alkanes of at least 4 members (excludes halogenated alkanes) is 3. The Morgan fingerprint density at radius 1 is 0.900 bits per heavy atom. The van der Waals surface area contributed by atoms with Gasteiger partial charge in [0.15, 0.2) is 0 Å². The van der Waals surface area contributed by atoms with Crippen LogP contribution in [0.3, 0.4) is 0 Å². The van der Waals surface area contributed by atoms with Crippen LogP contribution in [0, 0.1) is 0 Å². The Balaban J connectivity index is 1.97. The molecule has 0 saturated carbocycles. The summed E-state index contributed by atoms with van der Waals surface area (Å²) in [6, 6.07) is 14.1. The zero-order chi connectivity index (χ0) is 21.6. The Labute approximate surface area is 179 Å². The van der Waals surface area contributed by atoms with Gasteiger partial charge in [-0.2, -0.15) is 0 Å². The Morgan fingerprint density at radius 3 is 2.53 bits per heavy atom. The van der Waals surface area contributed by atoms with Crippen LogP contribution in [0.5, 0.6) is 5.75 Å². The van der Waals surface area contributed by atoms with Crippen LogP contribution in [0.2, 0.25) is 0 Å². The first-order valence-corrected chi connectivity index (χ1v) is 10.6. The molecule has 0 atom stereocenters. The molecule has 2 amide bonds. The van der Waals surface area contributed by atoms with Crippen molar-refractivity contribution < 1.29 is 19.1 Å². The van der Waals surface area contributed by atoms with E-state index in [1.165, 1.54) is 12.8 Å². The molecular weight excluding hydrogens is 380 g/mol. The average molecular weight is 413 g/mol. The van der Waals surface area contributed by atoms with E-state index in [1.54, 1.807) is 43.5 Å². The fourth-order valence-corrected chi connectivity index (χ4v) is 2.95. The largest absolute Gasteiger partial charge is 0.493 e. The molecule has 0 aliphatic heterocycles. The number of nitrogens with one attached hydrogen (secondary N) is 2. The van der Waals surface area contributed by atoms with Crippen molar-refractivity contribution in [2.24, 2.45) is 0 Å². The molecule has 2 aromatic rings. The van der Waals surface area contributed by atoms with Gasteiger partial charge in [-0.1, -0.05) is 44.4 Å². The van der Waals surface area contributed by atoms with Crippen LogP contribution in [0.4, 0.5) is 5.69 Å². The van der Waals surface area contributed by atoms with Crippen molar-refractivity contribution in [3.63, 3.8) is 0 Å². The van der Waals surface area contributed by atoms with Crippen molar-refractivity contribution in [1.29, 1.82) is 0 Å². The predicted molar refractivity (Wildman–Crippen MR) is 119 cm³/mol. The number of rotatable bonds is 13. The number of para-hydroxylation sites is 1. The van der Waals surface area contributed by atoms with Crippen molar-refractivity contribution >= 4 is 17.5 Å². The summed E-state index contributed by atoms with van der Waals surface area (Å²) < 4.78 is 10.8. The van der Waals surface area contributed by atoms with Crippen LogP contribution in [-0.2, 0) is 4.74 Å². The molecule has 2 aromatic carbocycles. The van der Waals surface area contributed by atoms with E-state index in [1.807, 2.05) is 12.1 Å². The summed E-state index contributed by atoms with van der Waals surface area (Å²) in [4.78, 5) is 25.1. The monoisotopic (exact) mass is 412 g/mol. The van der Waals surface area contributed by atoms with E-state index < -0.39 is 0 Å². The minimum atomic E-state index is -0.267. The van der Waals surface area contributed by atoms with Crippen LogP contribution in [0.15, 0.2) is 48.5 Å². The summed E-state index contributed by atoms with van der Waals surface area (Å²) in [5.41, 5.74) is 1.52. The summed E-state index contributed by atoms with van der Waals surface area (Å²) in [5.74, 6) is 0.119. The molecule has 0 heterocycles. The Morgan fingerprint density at radius 2 is 1.73 bits per heavy atom. The van der Waals surface area contributed by atoms with Crippen molar-refractivity contribution in [1.82, 2.24) is 5.32 Å². The SMILES string of the molecule is CCCCCCOc1ccccc1C(=O)Nc1cccc(C(=O)NCCCOC)c1. The van der Waals surface area contributed by atoms with E-state index in [9.17, 15) is 9.59 Å². The fourth-order valence-electron chi connectivity index (χ4n) is 2.95. The van der Waals surface area contributed by atoms with Crippen LogP contribution < -0.4 is 15.4 Å². The van der Waals surface area contributed by atoms with Gasteiger partial charge in [-0.05, 0) is 43.2 Å². The van der Waals surface area contributed by atoms with Gasteiger partial charge >= 0.3 is 0 Å². The van der Waals surface area contributed by atoms with Gasteiger partial charge in [-0.25, -0.2) is 0 Å². The first-order valence-electron chi connectivity index (χ1n) is 10.6. The predicted octanol–water partition coefficient (Wildman–Crippen LogP) is 4.66. The Hall–Kier alpha value is -2.86. The van der Waals surface area contributed by atoms with Crippen LogP contribution in [-0.4, -0.2) is 38.7 Å². The van der Waals surface area contributed by atoms with Crippen molar-refractivity contribution in [3.8, 4) is 5.75 Å². The smallest absolute Gasteiger partial charge is 0.259 e. The molecule has 2 N–H and O–H groups in total. The summed E-state index contributed by atoms with van der Waals surface area (Å²) in [5, 5.41) is 5.70. The topological polar surface area (TPSA) is 76.7 Å². The highest BCUT2D eigenvalue weighted by Crippen LogP contribution is 2.21. The zero-order valence-electron chi connectivity index (χ0n) is 17.9. The summed E-state index contributed by atoms with van der Waals surface area (Å²) in [6.45, 7) is 3.88. The molecule has 162 valence electrons. The highest BCUT2D eigenvalue weighted by molar-refractivity contribution is 6.06. The molecule has 0 aromatic heterocycles. The summed E-state index contributed by atoms with van der Waals surface area (Å²) >= 11 is 0. The van der Waals surface area contributed by atoms with Crippen molar-refractivity contribution in [2.75, 3.05) is 32.2 Å². The van der Waals surface area contributed by atoms with Gasteiger partial charge < -0.3 is 20.1 Å². The average Bonchev–Trinajstić information content (AvgIpc) is 2.77. The molecule has 0 bridgehead atoms. The lowest BCUT2D eigenvalue weighted by Crippen LogP contribution is -2.25. The number of hydrogen-bond donors (Lipinski definition) is 2. The quantitative estimate of drug-likeness (QED) is 0.469. The number of anilines is 1. The minimum absolute atomic E-state index is 0.182. The number of benzene rings is 2. The molecule has 6 heteroatoms. The minimum Gasteiger partial charge on any atom is -0.493 e. The first kappa shape index (κ1) is 23.4. The molecule has 0 radical (unpaired) electrons. The molecule has 0 unspecified atom stereocenters. The third-order valence-electron chi connectivity index (χ3n) is 4.58. The molecule has 0 aliphatic carbocycles. The van der Waals surface area contributed by atoms with E-state index >= 15 is 0 Å². The number of carbonyl (C=O) groups is 2. The molecular formula is C24H32N2O4. The second kappa shape index (κ2) is 13.4. The lowest BCUT2D eigenvalue weighted by Gasteiger charge is -2.12. The molecule has 6 nitrogen and oxygen atoms in total. The summed E-state index contributed by atoms with van der Waals surface area (Å²) in [6.07, 6.45) is 5.18. The molecule has 0 spiro atoms. The molecule has 2 rings (SSSR count). The van der Waals surface area contributed by atoms with Gasteiger partial charge in [0.1, 0.15) is 5.75 Å². The van der Waals surface area contributed by atoms with Gasteiger partial charge in [-0.15, -0.1) is 0 Å². The lowest BCUT2D eigenvalue weighted by atomic mass is 10.1. The number of hydrogen-bond acceptors (Lipinski definition) is 4. The Bertz CT molecular complexity index is 807. The van der Waals surface area contributed by atoms with Crippen LogP contribution in [0.25, 0.3) is 0 Å². The number of ether oxygens (including phenoxy) is 2. The fraction of sp³-hybridized carbons (Fsp3) is 0.417. The second-order valence-electron chi connectivity index (χ2n) is 7.04. The second-order valence-corrected chi connectivity index (χ2v) is 7.04. The van der Waals surface area contributed by atoms with Gasteiger partial charge in [-0.3, -0.25) is 9.59 Å². The molecule has 0 saturated heterocycles. The van der Waals surface area contributed by atoms with Gasteiger partial charge in [0.05, 0.1) is 12.2 Å². The van der Waals surface area contributed by atoms with Crippen molar-refractivity contribution in [2.45, 2.75) is 39.0 Å². The number of carbonyl (C=O) groups excluding carboxylic acids is 2. The summed E-state index contributed by atoms with van der Waals surface area (Å²) in [7, 11) is 1.63. The molecule has 0 aliphatic rings. The van der Waals surface area contributed by atoms with Crippen LogP contribution in [0.1, 0.15) is 59.7 Å². The van der Waals surface area contributed by atoms with E-state index in [2.05, 4.69) is 17.6 Å². The first-order chi connectivity index (χ1) is 14.7. The van der Waals surface area contributed by atoms with Crippen LogP contribution >= 0.6 is 0 Å². The maximum absolute atomic E-state index is 12.8. The van der Waals surface area contributed by atoms with E-state index in [0.717, 1.165) is 19.3 Å². The lowest BCUT2D eigenvalue weighted by molar-refractivity contribution is 0.0947. The van der Waals surface area contributed by atoms with E-state index in [0.29, 0.717) is 42.3 Å². The standard InChI is InChI=1S/C24H32N2O4/c1-3-4-5-8-17-30-22-14-7-6-13-21(22)24(28)26-20-12-9-11-19(18-20)23(27)25-15-10-16-29-2/h6-7,9,11-14,18H,3-5,8,10,15-17H2,1-2H3,(H,25,27)(H,26,28). The number of amides is 2. The van der Waals surface area contributed by atoms with E-state index in [4.69, 9.17) is 9.47 Å². The molecule has 30 heavy (non-hydrogen) atoms. The zero-order valence-corrected chi connectivity index (χ0v) is 17.9. The highest BCUT2D eigenvalue weighted by Gasteiger charge is 2.13. The third kappa shape index (κ3) is 7.87. The van der Waals surface area contributed by atoms with Crippen molar-refractivity contribution in [3.05, 3.63) is 59.7 Å². The van der Waals surface area contributed by atoms with Gasteiger partial charge in [0, 0.05) is 31.5 Å². The third-order valence-corrected chi connectivity index (χ3v) is 4.58. The molecule has 0 fully saturated rings. The van der Waals surface area contributed by atoms with Gasteiger partial charge in [0.25, 0.3) is 11.8 Å². The van der Waals surface area contributed by atoms with Gasteiger partial charge in [0.2, 0.25) is 0 Å².